The maximum absolute atomic E-state index is 13.8. The fourth-order valence-corrected chi connectivity index (χ4v) is 6.91. The monoisotopic (exact) mass is 533 g/mol. The second kappa shape index (κ2) is 13.8. The summed E-state index contributed by atoms with van der Waals surface area (Å²) in [5.74, 6) is 1.34. The van der Waals surface area contributed by atoms with Crippen LogP contribution in [-0.2, 0) is 15.6 Å². The molecule has 0 saturated carbocycles. The summed E-state index contributed by atoms with van der Waals surface area (Å²) < 4.78 is 13.3. The molecule has 5 unspecified atom stereocenters. The number of likely N-dealkylation sites (tertiary alicyclic amines) is 1. The number of hydrogen-bond acceptors (Lipinski definition) is 3. The van der Waals surface area contributed by atoms with E-state index in [1.54, 1.807) is 0 Å². The highest BCUT2D eigenvalue weighted by Gasteiger charge is 2.42. The Hall–Kier alpha value is -1.89. The van der Waals surface area contributed by atoms with Gasteiger partial charge in [-0.25, -0.2) is 4.79 Å². The summed E-state index contributed by atoms with van der Waals surface area (Å²) in [6, 6.07) is 8.61. The smallest absolute Gasteiger partial charge is 0.315 e. The minimum absolute atomic E-state index is 0.0131. The standard InChI is InChI=1S/C30H51N3O3S/c1-9-11-18-30(17-10-2,21-37(36)25-15-13-12-14-16-25)32-28(35)31-26(29(6,7)8)27(34)33-20-24(22(3)4)19-23(33)5/h12-16,22-24,26H,9-11,17-21H2,1-8H3,(H2,31,32,35). The molecule has 0 aromatic heterocycles. The Balaban J connectivity index is 2.25. The largest absolute Gasteiger partial charge is 0.338 e. The molecule has 0 aliphatic carbocycles. The first kappa shape index (κ1) is 31.3. The third kappa shape index (κ3) is 8.83. The number of carbonyl (C=O) groups is 2. The van der Waals surface area contributed by atoms with Crippen LogP contribution in [0.25, 0.3) is 0 Å². The molecule has 1 saturated heterocycles. The van der Waals surface area contributed by atoms with Crippen molar-refractivity contribution in [2.45, 2.75) is 116 Å². The van der Waals surface area contributed by atoms with Gasteiger partial charge in [0.1, 0.15) is 6.04 Å². The highest BCUT2D eigenvalue weighted by molar-refractivity contribution is 7.85. The van der Waals surface area contributed by atoms with Gasteiger partial charge in [0, 0.05) is 17.5 Å². The summed E-state index contributed by atoms with van der Waals surface area (Å²) in [5.41, 5.74) is -1.06. The van der Waals surface area contributed by atoms with Gasteiger partial charge in [0.05, 0.1) is 22.1 Å². The molecule has 1 fully saturated rings. The molecule has 6 nitrogen and oxygen atoms in total. The maximum Gasteiger partial charge on any atom is 0.315 e. The lowest BCUT2D eigenvalue weighted by Gasteiger charge is -2.38. The van der Waals surface area contributed by atoms with E-state index in [1.807, 2.05) is 56.0 Å². The molecule has 5 atom stereocenters. The predicted octanol–water partition coefficient (Wildman–Crippen LogP) is 6.13. The lowest BCUT2D eigenvalue weighted by Crippen LogP contribution is -2.61. The molecule has 37 heavy (non-hydrogen) atoms. The van der Waals surface area contributed by atoms with E-state index in [2.05, 4.69) is 45.3 Å². The summed E-state index contributed by atoms with van der Waals surface area (Å²) in [4.78, 5) is 30.1. The summed E-state index contributed by atoms with van der Waals surface area (Å²) in [5, 5.41) is 6.30. The maximum atomic E-state index is 13.8. The van der Waals surface area contributed by atoms with Crippen molar-refractivity contribution in [2.75, 3.05) is 12.3 Å². The molecule has 210 valence electrons. The van der Waals surface area contributed by atoms with Gasteiger partial charge in [-0.05, 0) is 55.6 Å². The number of benzene rings is 1. The van der Waals surface area contributed by atoms with E-state index in [-0.39, 0.29) is 18.0 Å². The van der Waals surface area contributed by atoms with E-state index >= 15 is 0 Å². The van der Waals surface area contributed by atoms with E-state index in [9.17, 15) is 13.8 Å². The van der Waals surface area contributed by atoms with Gasteiger partial charge in [0.2, 0.25) is 5.91 Å². The third-order valence-electron chi connectivity index (χ3n) is 7.75. The molecule has 2 rings (SSSR count). The number of nitrogens with one attached hydrogen (secondary N) is 2. The van der Waals surface area contributed by atoms with Gasteiger partial charge in [0.15, 0.2) is 0 Å². The van der Waals surface area contributed by atoms with Crippen LogP contribution in [0.2, 0.25) is 0 Å². The number of amides is 3. The van der Waals surface area contributed by atoms with Crippen LogP contribution in [0.3, 0.4) is 0 Å². The molecule has 7 heteroatoms. The van der Waals surface area contributed by atoms with E-state index in [1.165, 1.54) is 0 Å². The van der Waals surface area contributed by atoms with Crippen molar-refractivity contribution in [2.24, 2.45) is 17.3 Å². The van der Waals surface area contributed by atoms with E-state index in [0.29, 0.717) is 17.6 Å². The Morgan fingerprint density at radius 2 is 1.73 bits per heavy atom. The van der Waals surface area contributed by atoms with Crippen LogP contribution in [0, 0.1) is 17.3 Å². The van der Waals surface area contributed by atoms with Crippen molar-refractivity contribution in [1.82, 2.24) is 15.5 Å². The van der Waals surface area contributed by atoms with E-state index in [0.717, 1.165) is 50.0 Å². The Labute approximate surface area is 228 Å². The normalized spacial score (nSPS) is 21.4. The molecule has 2 N–H and O–H groups in total. The van der Waals surface area contributed by atoms with Gasteiger partial charge >= 0.3 is 6.03 Å². The zero-order valence-electron chi connectivity index (χ0n) is 24.4. The first-order valence-corrected chi connectivity index (χ1v) is 15.5. The molecule has 0 spiro atoms. The van der Waals surface area contributed by atoms with Crippen molar-refractivity contribution in [3.8, 4) is 0 Å². The Kier molecular flexibility index (Phi) is 11.7. The van der Waals surface area contributed by atoms with Gasteiger partial charge in [-0.1, -0.05) is 85.9 Å². The van der Waals surface area contributed by atoms with Crippen molar-refractivity contribution in [1.29, 1.82) is 0 Å². The molecular weight excluding hydrogens is 482 g/mol. The zero-order valence-corrected chi connectivity index (χ0v) is 25.2. The van der Waals surface area contributed by atoms with Gasteiger partial charge < -0.3 is 15.5 Å². The average molecular weight is 534 g/mol. The summed E-state index contributed by atoms with van der Waals surface area (Å²) in [6.45, 7) is 17.5. The number of rotatable bonds is 12. The fourth-order valence-electron chi connectivity index (χ4n) is 5.42. The minimum Gasteiger partial charge on any atom is -0.338 e. The number of urea groups is 1. The summed E-state index contributed by atoms with van der Waals surface area (Å²) in [7, 11) is -1.25. The fraction of sp³-hybridized carbons (Fsp3) is 0.733. The molecule has 1 aliphatic heterocycles. The highest BCUT2D eigenvalue weighted by atomic mass is 32.2. The number of hydrogen-bond donors (Lipinski definition) is 2. The van der Waals surface area contributed by atoms with Crippen LogP contribution >= 0.6 is 0 Å². The van der Waals surface area contributed by atoms with Crippen LogP contribution in [0.15, 0.2) is 35.2 Å². The second-order valence-corrected chi connectivity index (χ2v) is 13.9. The highest BCUT2D eigenvalue weighted by Crippen LogP contribution is 2.32. The lowest BCUT2D eigenvalue weighted by atomic mass is 9.85. The first-order chi connectivity index (χ1) is 17.3. The minimum atomic E-state index is -1.25. The Morgan fingerprint density at radius 3 is 2.24 bits per heavy atom. The quantitative estimate of drug-likeness (QED) is 0.339. The molecule has 3 amide bonds. The summed E-state index contributed by atoms with van der Waals surface area (Å²) in [6.07, 6.45) is 5.24. The average Bonchev–Trinajstić information content (AvgIpc) is 3.23. The van der Waals surface area contributed by atoms with Crippen molar-refractivity contribution in [3.05, 3.63) is 30.3 Å². The van der Waals surface area contributed by atoms with Crippen LogP contribution in [0.1, 0.15) is 93.9 Å². The van der Waals surface area contributed by atoms with Gasteiger partial charge in [-0.2, -0.15) is 0 Å². The van der Waals surface area contributed by atoms with Crippen molar-refractivity contribution < 1.29 is 13.8 Å². The van der Waals surface area contributed by atoms with Gasteiger partial charge in [-0.15, -0.1) is 0 Å². The lowest BCUT2D eigenvalue weighted by molar-refractivity contribution is -0.136. The molecule has 0 bridgehead atoms. The molecule has 0 radical (unpaired) electrons. The summed E-state index contributed by atoms with van der Waals surface area (Å²) >= 11 is 0. The predicted molar refractivity (Wildman–Crippen MR) is 154 cm³/mol. The van der Waals surface area contributed by atoms with Crippen LogP contribution in [0.4, 0.5) is 4.79 Å². The Bertz CT molecular complexity index is 899. The molecule has 1 aromatic rings. The molecule has 1 aliphatic rings. The Morgan fingerprint density at radius 1 is 1.08 bits per heavy atom. The zero-order chi connectivity index (χ0) is 27.8. The van der Waals surface area contributed by atoms with Crippen LogP contribution in [-0.4, -0.2) is 51.0 Å². The second-order valence-electron chi connectivity index (χ2n) is 12.4. The molecule has 1 heterocycles. The van der Waals surface area contributed by atoms with E-state index in [4.69, 9.17) is 0 Å². The van der Waals surface area contributed by atoms with Crippen LogP contribution < -0.4 is 10.6 Å². The van der Waals surface area contributed by atoms with Crippen molar-refractivity contribution in [3.63, 3.8) is 0 Å². The third-order valence-corrected chi connectivity index (χ3v) is 9.36. The molecular formula is C30H51N3O3S. The van der Waals surface area contributed by atoms with Crippen LogP contribution in [0.5, 0.6) is 0 Å². The van der Waals surface area contributed by atoms with Gasteiger partial charge in [-0.3, -0.25) is 9.00 Å². The number of unbranched alkanes of at least 4 members (excludes halogenated alkanes) is 1. The molecule has 1 aromatic carbocycles. The first-order valence-electron chi connectivity index (χ1n) is 14.2. The SMILES string of the molecule is CCCCC(CCC)(CS(=O)c1ccccc1)NC(=O)NC(C(=O)N1CC(C(C)C)CC1C)C(C)(C)C. The number of nitrogens with zero attached hydrogens (tertiary/aromatic N) is 1. The number of carbonyl (C=O) groups excluding carboxylic acids is 2. The topological polar surface area (TPSA) is 78.5 Å². The van der Waals surface area contributed by atoms with Crippen molar-refractivity contribution >= 4 is 22.7 Å². The van der Waals surface area contributed by atoms with E-state index < -0.39 is 27.8 Å². The van der Waals surface area contributed by atoms with Gasteiger partial charge in [0.25, 0.3) is 0 Å².